The summed E-state index contributed by atoms with van der Waals surface area (Å²) in [5.41, 5.74) is 2.10. The van der Waals surface area contributed by atoms with Gasteiger partial charge in [-0.05, 0) is 48.4 Å². The van der Waals surface area contributed by atoms with Crippen LogP contribution in [0.3, 0.4) is 0 Å². The summed E-state index contributed by atoms with van der Waals surface area (Å²) in [7, 11) is 2.60. The molecule has 0 spiro atoms. The highest BCUT2D eigenvalue weighted by Crippen LogP contribution is 2.29. The molecule has 0 bridgehead atoms. The van der Waals surface area contributed by atoms with Crippen LogP contribution in [0.5, 0.6) is 11.5 Å². The van der Waals surface area contributed by atoms with Crippen LogP contribution in [0, 0.1) is 6.92 Å². The molecule has 0 saturated heterocycles. The van der Waals surface area contributed by atoms with Gasteiger partial charge in [0.2, 0.25) is 5.91 Å². The highest BCUT2D eigenvalue weighted by Gasteiger charge is 2.11. The number of ether oxygens (including phenoxy) is 3. The van der Waals surface area contributed by atoms with E-state index in [1.807, 2.05) is 0 Å². The number of esters is 1. The Kier molecular flexibility index (Phi) is 7.08. The molecule has 0 atom stereocenters. The molecular weight excluding hydrogens is 372 g/mol. The van der Waals surface area contributed by atoms with E-state index in [4.69, 9.17) is 4.74 Å². The van der Waals surface area contributed by atoms with Crippen LogP contribution in [-0.4, -0.2) is 32.7 Å². The van der Waals surface area contributed by atoms with Crippen LogP contribution in [0.2, 0.25) is 0 Å². The second kappa shape index (κ2) is 9.50. The van der Waals surface area contributed by atoms with Gasteiger partial charge in [0.05, 0.1) is 19.8 Å². The predicted octanol–water partition coefficient (Wildman–Crippen LogP) is 4.04. The molecule has 0 aromatic heterocycles. The Bertz CT molecular complexity index is 896. The minimum atomic E-state index is -2.97. The lowest BCUT2D eigenvalue weighted by atomic mass is 10.1. The Morgan fingerprint density at radius 3 is 2.46 bits per heavy atom. The van der Waals surface area contributed by atoms with Crippen LogP contribution in [-0.2, 0) is 9.53 Å². The summed E-state index contributed by atoms with van der Waals surface area (Å²) in [6.07, 6.45) is 2.76. The van der Waals surface area contributed by atoms with Gasteiger partial charge in [-0.25, -0.2) is 4.79 Å². The van der Waals surface area contributed by atoms with Gasteiger partial charge >= 0.3 is 12.6 Å². The van der Waals surface area contributed by atoms with E-state index in [2.05, 4.69) is 14.8 Å². The van der Waals surface area contributed by atoms with Gasteiger partial charge in [0.25, 0.3) is 0 Å². The van der Waals surface area contributed by atoms with Crippen LogP contribution >= 0.6 is 0 Å². The molecule has 28 heavy (non-hydrogen) atoms. The fourth-order valence-electron chi connectivity index (χ4n) is 2.33. The summed E-state index contributed by atoms with van der Waals surface area (Å²) in [6, 6.07) is 9.11. The van der Waals surface area contributed by atoms with E-state index in [-0.39, 0.29) is 11.5 Å². The molecule has 148 valence electrons. The Labute approximate surface area is 160 Å². The predicted molar refractivity (Wildman–Crippen MR) is 99.8 cm³/mol. The molecule has 0 aliphatic carbocycles. The van der Waals surface area contributed by atoms with E-state index >= 15 is 0 Å². The number of halogens is 2. The van der Waals surface area contributed by atoms with E-state index in [1.165, 1.54) is 50.6 Å². The summed E-state index contributed by atoms with van der Waals surface area (Å²) in [6.45, 7) is -1.18. The van der Waals surface area contributed by atoms with E-state index in [0.29, 0.717) is 16.8 Å². The van der Waals surface area contributed by atoms with E-state index in [9.17, 15) is 18.4 Å². The second-order valence-corrected chi connectivity index (χ2v) is 5.63. The van der Waals surface area contributed by atoms with Gasteiger partial charge in [0, 0.05) is 11.8 Å². The summed E-state index contributed by atoms with van der Waals surface area (Å²) in [5.74, 6) is -0.930. The zero-order valence-corrected chi connectivity index (χ0v) is 15.5. The Balaban J connectivity index is 2.13. The van der Waals surface area contributed by atoms with Crippen molar-refractivity contribution >= 4 is 23.6 Å². The average Bonchev–Trinajstić information content (AvgIpc) is 2.67. The molecule has 0 radical (unpaired) electrons. The molecule has 1 N–H and O–H groups in total. The first-order chi connectivity index (χ1) is 13.3. The number of alkyl halides is 2. The number of rotatable bonds is 7. The smallest absolute Gasteiger partial charge is 0.387 e. The number of hydrogen-bond acceptors (Lipinski definition) is 5. The standard InChI is InChI=1S/C20H19F2NO5/c1-12-4-7-14(19(25)27-3)11-15(12)23-18(24)9-6-13-5-8-16(28-20(21)22)17(10-13)26-2/h4-11,20H,1-3H3,(H,23,24). The maximum atomic E-state index is 12.4. The first kappa shape index (κ1) is 20.9. The zero-order valence-electron chi connectivity index (χ0n) is 15.5. The molecule has 0 aliphatic heterocycles. The van der Waals surface area contributed by atoms with Crippen molar-refractivity contribution in [2.45, 2.75) is 13.5 Å². The minimum absolute atomic E-state index is 0.102. The van der Waals surface area contributed by atoms with E-state index in [1.54, 1.807) is 19.1 Å². The number of methoxy groups -OCH3 is 2. The number of benzene rings is 2. The molecule has 2 rings (SSSR count). The van der Waals surface area contributed by atoms with Gasteiger partial charge in [-0.1, -0.05) is 12.1 Å². The summed E-state index contributed by atoms with van der Waals surface area (Å²) < 4.78 is 38.7. The fourth-order valence-corrected chi connectivity index (χ4v) is 2.33. The Morgan fingerprint density at radius 1 is 1.07 bits per heavy atom. The summed E-state index contributed by atoms with van der Waals surface area (Å²) in [5, 5.41) is 2.68. The topological polar surface area (TPSA) is 73.9 Å². The lowest BCUT2D eigenvalue weighted by molar-refractivity contribution is -0.111. The monoisotopic (exact) mass is 391 g/mol. The molecule has 2 aromatic carbocycles. The van der Waals surface area contributed by atoms with Crippen molar-refractivity contribution in [2.24, 2.45) is 0 Å². The van der Waals surface area contributed by atoms with Crippen LogP contribution in [0.15, 0.2) is 42.5 Å². The number of carbonyl (C=O) groups excluding carboxylic acids is 2. The van der Waals surface area contributed by atoms with Crippen molar-refractivity contribution in [3.05, 3.63) is 59.2 Å². The zero-order chi connectivity index (χ0) is 20.7. The normalized spacial score (nSPS) is 10.8. The fraction of sp³-hybridized carbons (Fsp3) is 0.200. The SMILES string of the molecule is COC(=O)c1ccc(C)c(NC(=O)C=Cc2ccc(OC(F)F)c(OC)c2)c1. The quantitative estimate of drug-likeness (QED) is 0.570. The average molecular weight is 391 g/mol. The number of amides is 1. The van der Waals surface area contributed by atoms with Gasteiger partial charge in [-0.3, -0.25) is 4.79 Å². The molecule has 0 aliphatic rings. The Hall–Kier alpha value is -3.42. The third-order valence-corrected chi connectivity index (χ3v) is 3.75. The number of hydrogen-bond donors (Lipinski definition) is 1. The van der Waals surface area contributed by atoms with Gasteiger partial charge in [-0.2, -0.15) is 8.78 Å². The van der Waals surface area contributed by atoms with Crippen molar-refractivity contribution in [2.75, 3.05) is 19.5 Å². The molecular formula is C20H19F2NO5. The molecule has 2 aromatic rings. The van der Waals surface area contributed by atoms with Gasteiger partial charge in [-0.15, -0.1) is 0 Å². The number of anilines is 1. The second-order valence-electron chi connectivity index (χ2n) is 5.63. The molecule has 0 fully saturated rings. The number of carbonyl (C=O) groups is 2. The van der Waals surface area contributed by atoms with Crippen LogP contribution < -0.4 is 14.8 Å². The van der Waals surface area contributed by atoms with Crippen molar-refractivity contribution in [1.29, 1.82) is 0 Å². The first-order valence-electron chi connectivity index (χ1n) is 8.15. The lowest BCUT2D eigenvalue weighted by Crippen LogP contribution is -2.10. The largest absolute Gasteiger partial charge is 0.493 e. The molecule has 0 saturated carbocycles. The molecule has 1 amide bonds. The highest BCUT2D eigenvalue weighted by atomic mass is 19.3. The van der Waals surface area contributed by atoms with Crippen LogP contribution in [0.25, 0.3) is 6.08 Å². The lowest BCUT2D eigenvalue weighted by Gasteiger charge is -2.10. The van der Waals surface area contributed by atoms with Crippen molar-refractivity contribution in [3.63, 3.8) is 0 Å². The molecule has 6 nitrogen and oxygen atoms in total. The summed E-state index contributed by atoms with van der Waals surface area (Å²) >= 11 is 0. The van der Waals surface area contributed by atoms with Gasteiger partial charge in [0.15, 0.2) is 11.5 Å². The highest BCUT2D eigenvalue weighted by molar-refractivity contribution is 6.03. The van der Waals surface area contributed by atoms with E-state index in [0.717, 1.165) is 5.56 Å². The van der Waals surface area contributed by atoms with Crippen molar-refractivity contribution in [1.82, 2.24) is 0 Å². The van der Waals surface area contributed by atoms with Crippen LogP contribution in [0.4, 0.5) is 14.5 Å². The van der Waals surface area contributed by atoms with Gasteiger partial charge in [0.1, 0.15) is 0 Å². The Morgan fingerprint density at radius 2 is 1.82 bits per heavy atom. The maximum Gasteiger partial charge on any atom is 0.387 e. The van der Waals surface area contributed by atoms with Gasteiger partial charge < -0.3 is 19.5 Å². The molecule has 8 heteroatoms. The third-order valence-electron chi connectivity index (χ3n) is 3.75. The van der Waals surface area contributed by atoms with Crippen molar-refractivity contribution < 1.29 is 32.6 Å². The summed E-state index contributed by atoms with van der Waals surface area (Å²) in [4.78, 5) is 23.8. The van der Waals surface area contributed by atoms with Crippen LogP contribution in [0.1, 0.15) is 21.5 Å². The minimum Gasteiger partial charge on any atom is -0.493 e. The van der Waals surface area contributed by atoms with E-state index < -0.39 is 18.5 Å². The number of nitrogens with one attached hydrogen (secondary N) is 1. The third kappa shape index (κ3) is 5.54. The van der Waals surface area contributed by atoms with Crippen molar-refractivity contribution in [3.8, 4) is 11.5 Å². The first-order valence-corrected chi connectivity index (χ1v) is 8.15. The maximum absolute atomic E-state index is 12.4. The molecule has 0 heterocycles. The number of aryl methyl sites for hydroxylation is 1. The molecule has 0 unspecified atom stereocenters.